The maximum atomic E-state index is 12.3. The number of carbonyl (C=O) groups is 1. The highest BCUT2D eigenvalue weighted by Crippen LogP contribution is 2.22. The first-order valence-electron chi connectivity index (χ1n) is 6.30. The Bertz CT molecular complexity index is 413. The minimum atomic E-state index is 0. The summed E-state index contributed by atoms with van der Waals surface area (Å²) in [4.78, 5) is 18.6. The van der Waals surface area contributed by atoms with Crippen molar-refractivity contribution in [2.45, 2.75) is 25.0 Å². The van der Waals surface area contributed by atoms with Gasteiger partial charge in [-0.2, -0.15) is 11.8 Å². The van der Waals surface area contributed by atoms with Gasteiger partial charge < -0.3 is 10.6 Å². The maximum Gasteiger partial charge on any atom is 0.273 e. The van der Waals surface area contributed by atoms with E-state index in [1.165, 1.54) is 11.3 Å². The van der Waals surface area contributed by atoms with Crippen LogP contribution in [0.25, 0.3) is 0 Å². The van der Waals surface area contributed by atoms with Crippen LogP contribution in [0, 0.1) is 0 Å². The summed E-state index contributed by atoms with van der Waals surface area (Å²) in [5.74, 6) is 1.11. The Morgan fingerprint density at radius 3 is 3.11 bits per heavy atom. The molecule has 0 aliphatic carbocycles. The average Bonchev–Trinajstić information content (AvgIpc) is 2.87. The van der Waals surface area contributed by atoms with Gasteiger partial charge in [-0.3, -0.25) is 4.79 Å². The Balaban J connectivity index is 0.00000180. The second-order valence-corrected chi connectivity index (χ2v) is 6.67. The monoisotopic (exact) mass is 321 g/mol. The second kappa shape index (κ2) is 8.09. The minimum Gasteiger partial charge on any atom is -0.335 e. The van der Waals surface area contributed by atoms with E-state index in [1.54, 1.807) is 0 Å². The first-order chi connectivity index (χ1) is 8.74. The summed E-state index contributed by atoms with van der Waals surface area (Å²) in [6, 6.07) is 0. The van der Waals surface area contributed by atoms with Crippen LogP contribution in [0.2, 0.25) is 0 Å². The Morgan fingerprint density at radius 2 is 2.42 bits per heavy atom. The molecule has 0 aromatic carbocycles. The largest absolute Gasteiger partial charge is 0.335 e. The minimum absolute atomic E-state index is 0. The third-order valence-electron chi connectivity index (χ3n) is 3.01. The van der Waals surface area contributed by atoms with Crippen molar-refractivity contribution in [3.05, 3.63) is 16.1 Å². The van der Waals surface area contributed by atoms with Gasteiger partial charge in [-0.1, -0.05) is 6.92 Å². The predicted molar refractivity (Wildman–Crippen MR) is 84.6 cm³/mol. The Kier molecular flexibility index (Phi) is 7.13. The molecule has 0 radical (unpaired) electrons. The van der Waals surface area contributed by atoms with Crippen LogP contribution >= 0.6 is 35.5 Å². The lowest BCUT2D eigenvalue weighted by atomic mass is 10.2. The van der Waals surface area contributed by atoms with E-state index in [-0.39, 0.29) is 18.3 Å². The normalized spacial score (nSPS) is 19.1. The molecular weight excluding hydrogens is 302 g/mol. The standard InChI is InChI=1S/C12H19N3OS2.ClH/c1-2-9-7-15(5-6-17-9)12(16)10-8-18-11(14-10)3-4-13;/h8-9H,2-7,13H2,1H3;1H. The van der Waals surface area contributed by atoms with Crippen LogP contribution in [0.3, 0.4) is 0 Å². The van der Waals surface area contributed by atoms with Crippen molar-refractivity contribution in [3.8, 4) is 0 Å². The van der Waals surface area contributed by atoms with Crippen molar-refractivity contribution in [1.82, 2.24) is 9.88 Å². The molecule has 0 spiro atoms. The Morgan fingerprint density at radius 1 is 1.63 bits per heavy atom. The van der Waals surface area contributed by atoms with Crippen molar-refractivity contribution < 1.29 is 4.79 Å². The van der Waals surface area contributed by atoms with Crippen LogP contribution in [0.1, 0.15) is 28.8 Å². The average molecular weight is 322 g/mol. The van der Waals surface area contributed by atoms with Gasteiger partial charge in [-0.25, -0.2) is 4.98 Å². The number of nitrogens with two attached hydrogens (primary N) is 1. The quantitative estimate of drug-likeness (QED) is 0.922. The lowest BCUT2D eigenvalue weighted by Crippen LogP contribution is -2.41. The van der Waals surface area contributed by atoms with Crippen molar-refractivity contribution in [2.75, 3.05) is 25.4 Å². The van der Waals surface area contributed by atoms with Crippen LogP contribution in [-0.4, -0.2) is 46.4 Å². The topological polar surface area (TPSA) is 59.2 Å². The van der Waals surface area contributed by atoms with E-state index in [1.807, 2.05) is 22.0 Å². The molecule has 1 aromatic heterocycles. The summed E-state index contributed by atoms with van der Waals surface area (Å²) in [5.41, 5.74) is 6.08. The molecule has 2 N–H and O–H groups in total. The molecule has 19 heavy (non-hydrogen) atoms. The molecule has 0 saturated carbocycles. The van der Waals surface area contributed by atoms with Crippen molar-refractivity contribution >= 4 is 41.4 Å². The fraction of sp³-hybridized carbons (Fsp3) is 0.667. The number of thioether (sulfide) groups is 1. The van der Waals surface area contributed by atoms with Gasteiger partial charge in [0.15, 0.2) is 0 Å². The summed E-state index contributed by atoms with van der Waals surface area (Å²) < 4.78 is 0. The van der Waals surface area contributed by atoms with Crippen molar-refractivity contribution in [1.29, 1.82) is 0 Å². The molecule has 1 aromatic rings. The summed E-state index contributed by atoms with van der Waals surface area (Å²) in [5, 5.41) is 3.39. The van der Waals surface area contributed by atoms with Crippen LogP contribution in [0.4, 0.5) is 0 Å². The molecule has 4 nitrogen and oxygen atoms in total. The molecule has 108 valence electrons. The van der Waals surface area contributed by atoms with E-state index in [0.29, 0.717) is 17.5 Å². The number of aromatic nitrogens is 1. The molecule has 1 aliphatic rings. The molecule has 2 rings (SSSR count). The fourth-order valence-electron chi connectivity index (χ4n) is 1.96. The summed E-state index contributed by atoms with van der Waals surface area (Å²) in [6.07, 6.45) is 1.87. The number of hydrogen-bond acceptors (Lipinski definition) is 5. The second-order valence-electron chi connectivity index (χ2n) is 4.32. The summed E-state index contributed by atoms with van der Waals surface area (Å²) in [7, 11) is 0. The molecule has 1 atom stereocenters. The number of thiazole rings is 1. The van der Waals surface area contributed by atoms with Crippen LogP contribution in [-0.2, 0) is 6.42 Å². The number of nitrogens with zero attached hydrogens (tertiary/aromatic N) is 2. The van der Waals surface area contributed by atoms with E-state index in [4.69, 9.17) is 5.73 Å². The molecule has 1 aliphatic heterocycles. The van der Waals surface area contributed by atoms with E-state index < -0.39 is 0 Å². The van der Waals surface area contributed by atoms with Gasteiger partial charge in [0.2, 0.25) is 0 Å². The number of hydrogen-bond donors (Lipinski definition) is 1. The van der Waals surface area contributed by atoms with Gasteiger partial charge in [0.1, 0.15) is 5.69 Å². The van der Waals surface area contributed by atoms with Crippen molar-refractivity contribution in [2.24, 2.45) is 5.73 Å². The van der Waals surface area contributed by atoms with Gasteiger partial charge in [0.25, 0.3) is 5.91 Å². The third kappa shape index (κ3) is 4.34. The molecule has 1 saturated heterocycles. The van der Waals surface area contributed by atoms with Gasteiger partial charge in [-0.05, 0) is 13.0 Å². The number of carbonyl (C=O) groups excluding carboxylic acids is 1. The number of rotatable bonds is 4. The zero-order chi connectivity index (χ0) is 13.0. The first-order valence-corrected chi connectivity index (χ1v) is 8.22. The smallest absolute Gasteiger partial charge is 0.273 e. The summed E-state index contributed by atoms with van der Waals surface area (Å²) in [6.45, 7) is 4.45. The van der Waals surface area contributed by atoms with Crippen LogP contribution in [0.5, 0.6) is 0 Å². The molecule has 1 amide bonds. The van der Waals surface area contributed by atoms with Crippen LogP contribution < -0.4 is 5.73 Å². The Hall–Kier alpha value is -0.300. The summed E-state index contributed by atoms with van der Waals surface area (Å²) >= 11 is 3.49. The van der Waals surface area contributed by atoms with E-state index in [9.17, 15) is 4.79 Å². The highest BCUT2D eigenvalue weighted by atomic mass is 35.5. The van der Waals surface area contributed by atoms with Gasteiger partial charge in [-0.15, -0.1) is 23.7 Å². The molecular formula is C12H20ClN3OS2. The fourth-order valence-corrected chi connectivity index (χ4v) is 3.93. The van der Waals surface area contributed by atoms with E-state index >= 15 is 0 Å². The van der Waals surface area contributed by atoms with Gasteiger partial charge in [0, 0.05) is 35.9 Å². The molecule has 7 heteroatoms. The lowest BCUT2D eigenvalue weighted by Gasteiger charge is -2.31. The predicted octanol–water partition coefficient (Wildman–Crippen LogP) is 2.03. The highest BCUT2D eigenvalue weighted by Gasteiger charge is 2.25. The lowest BCUT2D eigenvalue weighted by molar-refractivity contribution is 0.0755. The first kappa shape index (κ1) is 16.8. The number of amides is 1. The van der Waals surface area contributed by atoms with Gasteiger partial charge >= 0.3 is 0 Å². The zero-order valence-electron chi connectivity index (χ0n) is 11.0. The highest BCUT2D eigenvalue weighted by molar-refractivity contribution is 8.00. The molecule has 1 unspecified atom stereocenters. The van der Waals surface area contributed by atoms with Crippen molar-refractivity contribution in [3.63, 3.8) is 0 Å². The third-order valence-corrected chi connectivity index (χ3v) is 5.29. The van der Waals surface area contributed by atoms with Crippen LogP contribution in [0.15, 0.2) is 5.38 Å². The zero-order valence-corrected chi connectivity index (χ0v) is 13.5. The number of halogens is 1. The molecule has 0 bridgehead atoms. The molecule has 1 fully saturated rings. The maximum absolute atomic E-state index is 12.3. The van der Waals surface area contributed by atoms with E-state index in [2.05, 4.69) is 11.9 Å². The van der Waals surface area contributed by atoms with Gasteiger partial charge in [0.05, 0.1) is 5.01 Å². The SMILES string of the molecule is CCC1CN(C(=O)c2csc(CCN)n2)CCS1.Cl. The molecule has 2 heterocycles. The Labute approximate surface area is 128 Å². The van der Waals surface area contributed by atoms with E-state index in [0.717, 1.165) is 36.7 Å².